The molecule has 2 rings (SSSR count). The Balaban J connectivity index is 1.92. The number of hydrogen-bond acceptors (Lipinski definition) is 3. The topological polar surface area (TPSA) is 85.8 Å². The van der Waals surface area contributed by atoms with Gasteiger partial charge in [0.15, 0.2) is 0 Å². The number of aromatic amines is 1. The molecule has 0 bridgehead atoms. The molecule has 0 radical (unpaired) electrons. The van der Waals surface area contributed by atoms with Gasteiger partial charge in [0, 0.05) is 18.7 Å². The number of nitrogens with one attached hydrogen (secondary N) is 2. The van der Waals surface area contributed by atoms with E-state index in [1.807, 2.05) is 6.07 Å². The normalized spacial score (nSPS) is 10.3. The van der Waals surface area contributed by atoms with Crippen molar-refractivity contribution < 1.29 is 9.18 Å². The lowest BCUT2D eigenvalue weighted by molar-refractivity contribution is -0.121. The van der Waals surface area contributed by atoms with E-state index < -0.39 is 5.56 Å². The van der Waals surface area contributed by atoms with Crippen molar-refractivity contribution in [3.8, 4) is 6.07 Å². The van der Waals surface area contributed by atoms with Crippen LogP contribution in [0.3, 0.4) is 0 Å². The SMILES string of the molecule is Cc1[nH]c(=O)c(C#N)c(C)c1CCC(=O)NCCc1ccccc1F. The Morgan fingerprint density at radius 2 is 2.00 bits per heavy atom. The maximum atomic E-state index is 13.5. The molecule has 1 heterocycles. The third-order valence-corrected chi connectivity index (χ3v) is 4.20. The maximum Gasteiger partial charge on any atom is 0.266 e. The van der Waals surface area contributed by atoms with Crippen LogP contribution in [0.2, 0.25) is 0 Å². The maximum absolute atomic E-state index is 13.5. The molecule has 25 heavy (non-hydrogen) atoms. The molecule has 5 nitrogen and oxygen atoms in total. The Morgan fingerprint density at radius 3 is 2.68 bits per heavy atom. The van der Waals surface area contributed by atoms with E-state index in [0.29, 0.717) is 36.2 Å². The number of aromatic nitrogens is 1. The van der Waals surface area contributed by atoms with E-state index in [1.165, 1.54) is 6.07 Å². The van der Waals surface area contributed by atoms with E-state index in [0.717, 1.165) is 5.56 Å². The van der Waals surface area contributed by atoms with Crippen LogP contribution in [-0.2, 0) is 17.6 Å². The van der Waals surface area contributed by atoms with E-state index >= 15 is 0 Å². The number of amides is 1. The van der Waals surface area contributed by atoms with Crippen LogP contribution in [0.15, 0.2) is 29.1 Å². The minimum Gasteiger partial charge on any atom is -0.356 e. The molecule has 0 spiro atoms. The van der Waals surface area contributed by atoms with E-state index in [4.69, 9.17) is 5.26 Å². The van der Waals surface area contributed by atoms with Crippen LogP contribution in [-0.4, -0.2) is 17.4 Å². The fraction of sp³-hybridized carbons (Fsp3) is 0.316. The summed E-state index contributed by atoms with van der Waals surface area (Å²) in [5, 5.41) is 11.8. The van der Waals surface area contributed by atoms with Crippen LogP contribution in [0.25, 0.3) is 0 Å². The highest BCUT2D eigenvalue weighted by Gasteiger charge is 2.13. The molecule has 0 saturated heterocycles. The zero-order chi connectivity index (χ0) is 18.4. The first-order valence-corrected chi connectivity index (χ1v) is 8.06. The minimum absolute atomic E-state index is 0.0839. The Bertz CT molecular complexity index is 881. The van der Waals surface area contributed by atoms with Gasteiger partial charge < -0.3 is 10.3 Å². The second kappa shape index (κ2) is 8.25. The number of nitriles is 1. The van der Waals surface area contributed by atoms with Crippen LogP contribution >= 0.6 is 0 Å². The summed E-state index contributed by atoms with van der Waals surface area (Å²) in [5.41, 5.74) is 2.33. The van der Waals surface area contributed by atoms with E-state index in [9.17, 15) is 14.0 Å². The first-order chi connectivity index (χ1) is 11.9. The molecule has 130 valence electrons. The number of rotatable bonds is 6. The van der Waals surface area contributed by atoms with Gasteiger partial charge in [-0.1, -0.05) is 18.2 Å². The number of aryl methyl sites for hydroxylation is 1. The van der Waals surface area contributed by atoms with Crippen LogP contribution in [0.4, 0.5) is 4.39 Å². The van der Waals surface area contributed by atoms with Crippen LogP contribution in [0.5, 0.6) is 0 Å². The molecule has 1 aromatic heterocycles. The summed E-state index contributed by atoms with van der Waals surface area (Å²) >= 11 is 0. The van der Waals surface area contributed by atoms with Gasteiger partial charge in [-0.05, 0) is 49.4 Å². The molecular formula is C19H20FN3O2. The summed E-state index contributed by atoms with van der Waals surface area (Å²) < 4.78 is 13.5. The molecule has 1 amide bonds. The first kappa shape index (κ1) is 18.4. The van der Waals surface area contributed by atoms with Crippen molar-refractivity contribution in [2.75, 3.05) is 6.54 Å². The number of nitrogens with zero attached hydrogens (tertiary/aromatic N) is 1. The molecule has 0 aliphatic rings. The van der Waals surface area contributed by atoms with Gasteiger partial charge in [-0.2, -0.15) is 5.26 Å². The smallest absolute Gasteiger partial charge is 0.266 e. The Kier molecular flexibility index (Phi) is 6.07. The molecule has 0 aliphatic heterocycles. The molecule has 0 saturated carbocycles. The lowest BCUT2D eigenvalue weighted by Crippen LogP contribution is -2.26. The highest BCUT2D eigenvalue weighted by Crippen LogP contribution is 2.15. The van der Waals surface area contributed by atoms with Crippen molar-refractivity contribution in [3.63, 3.8) is 0 Å². The van der Waals surface area contributed by atoms with Crippen LogP contribution in [0.1, 0.15) is 34.4 Å². The first-order valence-electron chi connectivity index (χ1n) is 8.06. The summed E-state index contributed by atoms with van der Waals surface area (Å²) in [5.74, 6) is -0.430. The van der Waals surface area contributed by atoms with E-state index in [1.54, 1.807) is 32.0 Å². The highest BCUT2D eigenvalue weighted by molar-refractivity contribution is 5.76. The Labute approximate surface area is 145 Å². The second-order valence-corrected chi connectivity index (χ2v) is 5.86. The average Bonchev–Trinajstić information content (AvgIpc) is 2.56. The minimum atomic E-state index is -0.407. The molecule has 1 aromatic carbocycles. The van der Waals surface area contributed by atoms with Crippen molar-refractivity contribution in [1.82, 2.24) is 10.3 Å². The summed E-state index contributed by atoms with van der Waals surface area (Å²) in [6.07, 6.45) is 1.08. The number of halogens is 1. The zero-order valence-electron chi connectivity index (χ0n) is 14.3. The fourth-order valence-electron chi connectivity index (χ4n) is 2.78. The lowest BCUT2D eigenvalue weighted by Gasteiger charge is -2.11. The van der Waals surface area contributed by atoms with Crippen molar-refractivity contribution in [3.05, 3.63) is 68.4 Å². The summed E-state index contributed by atoms with van der Waals surface area (Å²) in [7, 11) is 0. The monoisotopic (exact) mass is 341 g/mol. The number of benzene rings is 1. The van der Waals surface area contributed by atoms with Gasteiger partial charge >= 0.3 is 0 Å². The number of carbonyl (C=O) groups is 1. The van der Waals surface area contributed by atoms with Gasteiger partial charge in [0.05, 0.1) is 0 Å². The number of H-pyrrole nitrogens is 1. The van der Waals surface area contributed by atoms with Gasteiger partial charge in [-0.15, -0.1) is 0 Å². The molecule has 0 fully saturated rings. The van der Waals surface area contributed by atoms with Crippen molar-refractivity contribution in [1.29, 1.82) is 5.26 Å². The number of carbonyl (C=O) groups excluding carboxylic acids is 1. The third kappa shape index (κ3) is 4.54. The van der Waals surface area contributed by atoms with Crippen molar-refractivity contribution in [2.45, 2.75) is 33.1 Å². The summed E-state index contributed by atoms with van der Waals surface area (Å²) in [6, 6.07) is 8.37. The number of hydrogen-bond donors (Lipinski definition) is 2. The molecule has 0 atom stereocenters. The van der Waals surface area contributed by atoms with Gasteiger partial charge in [0.2, 0.25) is 5.91 Å². The summed E-state index contributed by atoms with van der Waals surface area (Å²) in [6.45, 7) is 3.82. The highest BCUT2D eigenvalue weighted by atomic mass is 19.1. The quantitative estimate of drug-likeness (QED) is 0.845. The fourth-order valence-corrected chi connectivity index (χ4v) is 2.78. The van der Waals surface area contributed by atoms with Crippen LogP contribution < -0.4 is 10.9 Å². The molecule has 0 unspecified atom stereocenters. The second-order valence-electron chi connectivity index (χ2n) is 5.86. The Morgan fingerprint density at radius 1 is 1.28 bits per heavy atom. The van der Waals surface area contributed by atoms with Crippen LogP contribution in [0, 0.1) is 31.0 Å². The number of pyridine rings is 1. The summed E-state index contributed by atoms with van der Waals surface area (Å²) in [4.78, 5) is 26.3. The molecule has 6 heteroatoms. The molecule has 2 N–H and O–H groups in total. The van der Waals surface area contributed by atoms with Crippen molar-refractivity contribution in [2.24, 2.45) is 0 Å². The molecule has 2 aromatic rings. The van der Waals surface area contributed by atoms with E-state index in [-0.39, 0.29) is 23.7 Å². The van der Waals surface area contributed by atoms with Crippen molar-refractivity contribution >= 4 is 5.91 Å². The lowest BCUT2D eigenvalue weighted by atomic mass is 9.99. The third-order valence-electron chi connectivity index (χ3n) is 4.20. The average molecular weight is 341 g/mol. The van der Waals surface area contributed by atoms with Gasteiger partial charge in [-0.25, -0.2) is 4.39 Å². The predicted octanol–water partition coefficient (Wildman–Crippen LogP) is 2.29. The van der Waals surface area contributed by atoms with Gasteiger partial charge in [0.1, 0.15) is 17.4 Å². The molecular weight excluding hydrogens is 321 g/mol. The molecule has 0 aliphatic carbocycles. The zero-order valence-corrected chi connectivity index (χ0v) is 14.3. The van der Waals surface area contributed by atoms with E-state index in [2.05, 4.69) is 10.3 Å². The van der Waals surface area contributed by atoms with Gasteiger partial charge in [-0.3, -0.25) is 9.59 Å². The standard InChI is InChI=1S/C19H20FN3O2/c1-12-15(13(2)23-19(25)16(12)11-21)7-8-18(24)22-10-9-14-5-3-4-6-17(14)20/h3-6H,7-10H2,1-2H3,(H,22,24)(H,23,25). The Hall–Kier alpha value is -2.94. The van der Waals surface area contributed by atoms with Gasteiger partial charge in [0.25, 0.3) is 5.56 Å². The predicted molar refractivity (Wildman–Crippen MR) is 92.7 cm³/mol. The largest absolute Gasteiger partial charge is 0.356 e.